The first kappa shape index (κ1) is 53.7. The number of rotatable bonds is 22. The molecule has 7 rings (SSSR count). The topological polar surface area (TPSA) is 299 Å². The number of carboxylic acids is 1. The Kier molecular flexibility index (Phi) is 16.8. The van der Waals surface area contributed by atoms with Crippen molar-refractivity contribution in [2.45, 2.75) is 108 Å². The fourth-order valence-electron chi connectivity index (χ4n) is 8.81. The molecule has 0 spiro atoms. The summed E-state index contributed by atoms with van der Waals surface area (Å²) in [6.45, 7) is 6.92. The van der Waals surface area contributed by atoms with Crippen LogP contribution in [0.2, 0.25) is 0 Å². The van der Waals surface area contributed by atoms with Gasteiger partial charge in [-0.3, -0.25) is 28.7 Å². The van der Waals surface area contributed by atoms with E-state index >= 15 is 0 Å². The van der Waals surface area contributed by atoms with E-state index < -0.39 is 87.9 Å². The molecule has 2 aromatic heterocycles. The first-order chi connectivity index (χ1) is 35.3. The van der Waals surface area contributed by atoms with Gasteiger partial charge in [0.2, 0.25) is 23.3 Å². The maximum atomic E-state index is 14.1. The smallest absolute Gasteiger partial charge is 0.355 e. The summed E-state index contributed by atoms with van der Waals surface area (Å²) in [6.07, 6.45) is -0.289. The van der Waals surface area contributed by atoms with Crippen LogP contribution in [0.4, 0.5) is 16.2 Å². The van der Waals surface area contributed by atoms with E-state index in [1.165, 1.54) is 48.5 Å². The second kappa shape index (κ2) is 23.2. The van der Waals surface area contributed by atoms with Crippen molar-refractivity contribution < 1.29 is 56.6 Å². The molecule has 74 heavy (non-hydrogen) atoms. The van der Waals surface area contributed by atoms with Crippen molar-refractivity contribution in [3.05, 3.63) is 118 Å². The Bertz CT molecular complexity index is 3200. The highest BCUT2D eigenvalue weighted by atomic mass is 32.2. The predicted molar refractivity (Wildman–Crippen MR) is 271 cm³/mol. The molecule has 21 nitrogen and oxygen atoms in total. The van der Waals surface area contributed by atoms with Gasteiger partial charge in [0.25, 0.3) is 15.6 Å². The second-order valence-electron chi connectivity index (χ2n) is 18.4. The van der Waals surface area contributed by atoms with Crippen molar-refractivity contribution in [2.75, 3.05) is 23.1 Å². The number of carbonyl (C=O) groups excluding carboxylic acids is 6. The molecule has 1 unspecified atom stereocenters. The van der Waals surface area contributed by atoms with Gasteiger partial charge >= 0.3 is 23.9 Å². The fraction of sp³-hybridized carbons (Fsp3) is 0.365. The number of aromatic nitrogens is 2. The highest BCUT2D eigenvalue weighted by Crippen LogP contribution is 2.41. The molecule has 0 aliphatic carbocycles. The van der Waals surface area contributed by atoms with E-state index in [4.69, 9.17) is 14.5 Å². The minimum atomic E-state index is -4.19. The van der Waals surface area contributed by atoms with Crippen LogP contribution in [-0.2, 0) is 67.0 Å². The summed E-state index contributed by atoms with van der Waals surface area (Å²) in [5.74, 6) is -5.19. The van der Waals surface area contributed by atoms with Gasteiger partial charge in [0.15, 0.2) is 0 Å². The van der Waals surface area contributed by atoms with E-state index in [1.807, 2.05) is 51.1 Å². The maximum absolute atomic E-state index is 14.1. The number of anilines is 2. The molecule has 5 aromatic rings. The van der Waals surface area contributed by atoms with Crippen LogP contribution in [0.25, 0.3) is 22.3 Å². The summed E-state index contributed by atoms with van der Waals surface area (Å²) in [7, 11) is -4.19. The van der Waals surface area contributed by atoms with Crippen molar-refractivity contribution in [2.24, 2.45) is 5.92 Å². The fourth-order valence-corrected chi connectivity index (χ4v) is 9.91. The third-order valence-electron chi connectivity index (χ3n) is 12.4. The minimum absolute atomic E-state index is 0.00287. The molecule has 5 amide bonds. The van der Waals surface area contributed by atoms with Crippen molar-refractivity contribution >= 4 is 74.0 Å². The number of hydrogen-bond donors (Lipinski definition) is 7. The molecule has 0 fully saturated rings. The van der Waals surface area contributed by atoms with Crippen LogP contribution >= 0.6 is 0 Å². The third kappa shape index (κ3) is 12.5. The number of benzene rings is 3. The lowest BCUT2D eigenvalue weighted by Gasteiger charge is -2.36. The highest BCUT2D eigenvalue weighted by molar-refractivity contribution is 7.92. The van der Waals surface area contributed by atoms with E-state index in [0.29, 0.717) is 29.9 Å². The van der Waals surface area contributed by atoms with Gasteiger partial charge in [-0.15, -0.1) is 0 Å². The van der Waals surface area contributed by atoms with Gasteiger partial charge in [-0.2, -0.15) is 0 Å². The Morgan fingerprint density at radius 3 is 2.35 bits per heavy atom. The SMILES string of the molecule is CCCNC(=O)Nc1cccc(S(=O)(=O)Nc2cccc(C(CC(=O)O)NC(=O)CCCC(=O)NCC(=O)N[C@@H](CC(C)C)C(=O)O[C@]3(CC)C(=O)OCc4c3cc3n(c4=O)Cc4cc5ccccc5nc4-3)c2)c1. The van der Waals surface area contributed by atoms with Gasteiger partial charge in [0.05, 0.1) is 52.9 Å². The average Bonchev–Trinajstić information content (AvgIpc) is 3.72. The molecule has 2 aliphatic heterocycles. The van der Waals surface area contributed by atoms with Crippen LogP contribution < -0.4 is 36.9 Å². The second-order valence-corrected chi connectivity index (χ2v) is 20.1. The number of aliphatic carboxylic acids is 1. The number of amides is 5. The highest BCUT2D eigenvalue weighted by Gasteiger charge is 2.51. The van der Waals surface area contributed by atoms with Crippen LogP contribution in [0.5, 0.6) is 0 Å². The summed E-state index contributed by atoms with van der Waals surface area (Å²) in [5.41, 5.74) is 1.02. The zero-order chi connectivity index (χ0) is 53.3. The number of esters is 2. The van der Waals surface area contributed by atoms with Gasteiger partial charge in [0.1, 0.15) is 12.6 Å². The summed E-state index contributed by atoms with van der Waals surface area (Å²) in [4.78, 5) is 110. The van der Waals surface area contributed by atoms with E-state index in [2.05, 4.69) is 31.3 Å². The molecule has 2 aliphatic rings. The monoisotopic (exact) mass is 1030 g/mol. The lowest BCUT2D eigenvalue weighted by molar-refractivity contribution is -0.191. The molecule has 390 valence electrons. The molecule has 3 aromatic carbocycles. The molecule has 0 saturated heterocycles. The first-order valence-corrected chi connectivity index (χ1v) is 25.7. The zero-order valence-electron chi connectivity index (χ0n) is 41.2. The number of cyclic esters (lactones) is 1. The number of hydrogen-bond acceptors (Lipinski definition) is 13. The maximum Gasteiger partial charge on any atom is 0.355 e. The van der Waals surface area contributed by atoms with Crippen LogP contribution in [0.1, 0.15) is 101 Å². The first-order valence-electron chi connectivity index (χ1n) is 24.2. The number of sulfonamides is 1. The molecule has 0 radical (unpaired) electrons. The van der Waals surface area contributed by atoms with Crippen LogP contribution in [0, 0.1) is 5.92 Å². The van der Waals surface area contributed by atoms with Crippen molar-refractivity contribution in [1.82, 2.24) is 30.8 Å². The normalized spacial score (nSPS) is 15.3. The number of pyridine rings is 2. The average molecular weight is 1040 g/mol. The number of carboxylic acid groups (broad SMARTS) is 1. The van der Waals surface area contributed by atoms with Crippen LogP contribution in [-0.4, -0.2) is 83.9 Å². The van der Waals surface area contributed by atoms with Crippen molar-refractivity contribution in [1.29, 1.82) is 0 Å². The van der Waals surface area contributed by atoms with Gasteiger partial charge in [0, 0.05) is 47.3 Å². The quantitative estimate of drug-likeness (QED) is 0.0435. The zero-order valence-corrected chi connectivity index (χ0v) is 42.1. The molecule has 4 heterocycles. The lowest BCUT2D eigenvalue weighted by atomic mass is 9.85. The Morgan fingerprint density at radius 1 is 0.865 bits per heavy atom. The van der Waals surface area contributed by atoms with Crippen LogP contribution in [0.15, 0.2) is 94.6 Å². The van der Waals surface area contributed by atoms with Gasteiger partial charge < -0.3 is 45.7 Å². The number of ether oxygens (including phenoxy) is 2. The molecular formula is C52H58N8O13S. The molecule has 0 bridgehead atoms. The molecule has 3 atom stereocenters. The lowest BCUT2D eigenvalue weighted by Crippen LogP contribution is -2.52. The molecule has 22 heteroatoms. The number of nitrogens with one attached hydrogen (secondary N) is 6. The largest absolute Gasteiger partial charge is 0.481 e. The Labute approximate surface area is 426 Å². The van der Waals surface area contributed by atoms with Gasteiger partial charge in [-0.05, 0) is 85.7 Å². The molecular weight excluding hydrogens is 977 g/mol. The van der Waals surface area contributed by atoms with E-state index in [9.17, 15) is 51.9 Å². The Hall–Kier alpha value is -8.14. The minimum Gasteiger partial charge on any atom is -0.481 e. The molecule has 0 saturated carbocycles. The van der Waals surface area contributed by atoms with Crippen LogP contribution in [0.3, 0.4) is 0 Å². The van der Waals surface area contributed by atoms with E-state index in [0.717, 1.165) is 10.9 Å². The van der Waals surface area contributed by atoms with E-state index in [1.54, 1.807) is 17.6 Å². The number of carbonyl (C=O) groups is 7. The predicted octanol–water partition coefficient (Wildman–Crippen LogP) is 5.11. The summed E-state index contributed by atoms with van der Waals surface area (Å²) in [5, 5.41) is 23.5. The van der Waals surface area contributed by atoms with Crippen molar-refractivity contribution in [3.8, 4) is 11.4 Å². The summed E-state index contributed by atoms with van der Waals surface area (Å²) < 4.78 is 42.2. The standard InChI is InChI=1S/C52H58N8O13S/c1-5-20-53-51(69)55-34-14-10-16-36(24-34)74(70,71)59-35-15-9-13-32(23-35)40(26-46(64)65)56-44(62)19-11-18-43(61)54-27-45(63)57-41(21-30(3)4)49(67)73-52(6-2)38-25-42-47-33(22-31-12-7-8-17-39(31)58-47)28-60(42)48(66)37(38)29-72-50(52)68/h7-10,12-17,22-25,30,40-41,59H,5-6,11,18-21,26-29H2,1-4H3,(H,54,61)(H,56,62)(H,57,63)(H,64,65)(H2,53,55,69)/t40?,41-,52-/m0/s1. The van der Waals surface area contributed by atoms with Gasteiger partial charge in [-0.25, -0.2) is 27.8 Å². The van der Waals surface area contributed by atoms with Crippen molar-refractivity contribution in [3.63, 3.8) is 0 Å². The number of para-hydroxylation sites is 1. The number of nitrogens with zero attached hydrogens (tertiary/aromatic N) is 2. The molecule has 7 N–H and O–H groups in total. The summed E-state index contributed by atoms with van der Waals surface area (Å²) in [6, 6.07) is 19.7. The summed E-state index contributed by atoms with van der Waals surface area (Å²) >= 11 is 0. The third-order valence-corrected chi connectivity index (χ3v) is 13.8. The van der Waals surface area contributed by atoms with Gasteiger partial charge in [-0.1, -0.05) is 64.1 Å². The Balaban J connectivity index is 0.932. The number of fused-ring (bicyclic) bond motifs is 5. The Morgan fingerprint density at radius 2 is 1.61 bits per heavy atom. The number of urea groups is 1. The van der Waals surface area contributed by atoms with E-state index in [-0.39, 0.29) is 84.1 Å².